The molecular weight excluding hydrogens is 408 g/mol. The minimum Gasteiger partial charge on any atom is -0.481 e. The Labute approximate surface area is 202 Å². The van der Waals surface area contributed by atoms with Crippen LogP contribution in [0.25, 0.3) is 0 Å². The summed E-state index contributed by atoms with van der Waals surface area (Å²) >= 11 is 0. The Morgan fingerprint density at radius 2 is 1.30 bits per heavy atom. The second-order valence-corrected chi connectivity index (χ2v) is 15.2. The molecule has 3 nitrogen and oxygen atoms in total. The number of carboxylic acid groups (broad SMARTS) is 1. The number of aliphatic hydroxyl groups excluding tert-OH is 1. The molecule has 0 aliphatic heterocycles. The van der Waals surface area contributed by atoms with Crippen molar-refractivity contribution in [2.45, 2.75) is 125 Å². The molecule has 5 aliphatic rings. The van der Waals surface area contributed by atoms with E-state index in [1.54, 1.807) is 0 Å². The quantitative estimate of drug-likeness (QED) is 0.433. The van der Waals surface area contributed by atoms with Gasteiger partial charge in [0.15, 0.2) is 0 Å². The van der Waals surface area contributed by atoms with Crippen molar-refractivity contribution in [2.24, 2.45) is 56.2 Å². The highest BCUT2D eigenvalue weighted by atomic mass is 16.4. The Morgan fingerprint density at radius 3 is 1.97 bits per heavy atom. The molecule has 0 aromatic rings. The van der Waals surface area contributed by atoms with Gasteiger partial charge in [0.1, 0.15) is 0 Å². The number of fused-ring (bicyclic) bond motifs is 7. The zero-order valence-corrected chi connectivity index (χ0v) is 22.5. The number of carbonyl (C=O) groups is 1. The lowest BCUT2D eigenvalue weighted by atomic mass is 9.30. The van der Waals surface area contributed by atoms with Crippen molar-refractivity contribution in [3.05, 3.63) is 0 Å². The first-order valence-corrected chi connectivity index (χ1v) is 14.1. The fraction of sp³-hybridized carbons (Fsp3) is 0.967. The van der Waals surface area contributed by atoms with E-state index in [2.05, 4.69) is 41.5 Å². The zero-order valence-electron chi connectivity index (χ0n) is 22.5. The maximum Gasteiger partial charge on any atom is 0.309 e. The Hall–Kier alpha value is -0.570. The van der Waals surface area contributed by atoms with Gasteiger partial charge in [-0.25, -0.2) is 0 Å². The maximum atomic E-state index is 12.3. The predicted molar refractivity (Wildman–Crippen MR) is 133 cm³/mol. The van der Waals surface area contributed by atoms with Crippen LogP contribution in [0.5, 0.6) is 0 Å². The summed E-state index contributed by atoms with van der Waals surface area (Å²) < 4.78 is 0. The first-order valence-electron chi connectivity index (χ1n) is 14.1. The summed E-state index contributed by atoms with van der Waals surface area (Å²) in [4.78, 5) is 12.3. The van der Waals surface area contributed by atoms with Gasteiger partial charge in [0.25, 0.3) is 0 Å². The molecule has 5 saturated carbocycles. The van der Waals surface area contributed by atoms with Gasteiger partial charge in [-0.1, -0.05) is 41.5 Å². The van der Waals surface area contributed by atoms with Crippen molar-refractivity contribution < 1.29 is 15.0 Å². The number of hydrogen-bond donors (Lipinski definition) is 2. The van der Waals surface area contributed by atoms with Gasteiger partial charge in [-0.05, 0) is 128 Å². The van der Waals surface area contributed by atoms with E-state index in [-0.39, 0.29) is 22.3 Å². The largest absolute Gasteiger partial charge is 0.481 e. The van der Waals surface area contributed by atoms with Gasteiger partial charge < -0.3 is 10.2 Å². The lowest BCUT2D eigenvalue weighted by Crippen LogP contribution is -2.68. The Bertz CT molecular complexity index is 838. The van der Waals surface area contributed by atoms with Gasteiger partial charge in [0.05, 0.1) is 11.5 Å². The Kier molecular flexibility index (Phi) is 5.13. The van der Waals surface area contributed by atoms with Crippen LogP contribution in [-0.2, 0) is 4.79 Å². The highest BCUT2D eigenvalue weighted by Crippen LogP contribution is 2.78. The number of rotatable bonds is 1. The Morgan fingerprint density at radius 1 is 0.697 bits per heavy atom. The Balaban J connectivity index is 1.54. The molecule has 5 aliphatic carbocycles. The van der Waals surface area contributed by atoms with Crippen LogP contribution in [0.1, 0.15) is 119 Å². The molecule has 0 bridgehead atoms. The molecule has 0 radical (unpaired) electrons. The van der Waals surface area contributed by atoms with Gasteiger partial charge in [0.2, 0.25) is 0 Å². The summed E-state index contributed by atoms with van der Waals surface area (Å²) in [5, 5.41) is 20.9. The van der Waals surface area contributed by atoms with E-state index in [0.29, 0.717) is 34.5 Å². The molecular formula is C30H50O3. The SMILES string of the molecule is CC1C(O)CCC2C1(C)CCC1C2(C)CCC2(C)C3CC(C)(C(=O)O)CCC3(C)CCC12C. The summed E-state index contributed by atoms with van der Waals surface area (Å²) in [6, 6.07) is 0. The summed E-state index contributed by atoms with van der Waals surface area (Å²) in [6.07, 6.45) is 12.4. The average molecular weight is 459 g/mol. The van der Waals surface area contributed by atoms with Crippen LogP contribution < -0.4 is 0 Å². The van der Waals surface area contributed by atoms with E-state index in [1.807, 2.05) is 6.92 Å². The van der Waals surface area contributed by atoms with E-state index in [0.717, 1.165) is 25.7 Å². The van der Waals surface area contributed by atoms with Gasteiger partial charge in [-0.2, -0.15) is 0 Å². The number of carboxylic acids is 1. The third-order valence-electron chi connectivity index (χ3n) is 14.2. The van der Waals surface area contributed by atoms with Crippen LogP contribution in [0.2, 0.25) is 0 Å². The fourth-order valence-corrected chi connectivity index (χ4v) is 11.4. The van der Waals surface area contributed by atoms with Gasteiger partial charge in [0, 0.05) is 0 Å². The van der Waals surface area contributed by atoms with Crippen molar-refractivity contribution in [3.63, 3.8) is 0 Å². The van der Waals surface area contributed by atoms with Gasteiger partial charge in [-0.3, -0.25) is 4.79 Å². The van der Waals surface area contributed by atoms with E-state index < -0.39 is 11.4 Å². The molecule has 0 amide bonds. The predicted octanol–water partition coefficient (Wildman–Crippen LogP) is 7.31. The van der Waals surface area contributed by atoms with E-state index in [4.69, 9.17) is 0 Å². The summed E-state index contributed by atoms with van der Waals surface area (Å²) in [7, 11) is 0. The summed E-state index contributed by atoms with van der Waals surface area (Å²) in [6.45, 7) is 17.2. The summed E-state index contributed by atoms with van der Waals surface area (Å²) in [5.74, 6) is 1.73. The van der Waals surface area contributed by atoms with E-state index >= 15 is 0 Å². The van der Waals surface area contributed by atoms with Crippen LogP contribution in [0, 0.1) is 56.2 Å². The topological polar surface area (TPSA) is 57.5 Å². The van der Waals surface area contributed by atoms with Crippen molar-refractivity contribution in [3.8, 4) is 0 Å². The normalized spacial score (nSPS) is 60.7. The maximum absolute atomic E-state index is 12.3. The lowest BCUT2D eigenvalue weighted by Gasteiger charge is -2.75. The zero-order chi connectivity index (χ0) is 24.2. The molecule has 2 N–H and O–H groups in total. The highest BCUT2D eigenvalue weighted by Gasteiger charge is 2.71. The molecule has 33 heavy (non-hydrogen) atoms. The monoisotopic (exact) mass is 458 g/mol. The molecule has 11 unspecified atom stereocenters. The molecule has 5 fully saturated rings. The molecule has 11 atom stereocenters. The second kappa shape index (κ2) is 7.01. The first-order chi connectivity index (χ1) is 15.2. The second-order valence-electron chi connectivity index (χ2n) is 15.2. The molecule has 0 saturated heterocycles. The third kappa shape index (κ3) is 2.87. The molecule has 5 rings (SSSR count). The minimum absolute atomic E-state index is 0.137. The number of aliphatic carboxylic acids is 1. The molecule has 0 heterocycles. The van der Waals surface area contributed by atoms with Crippen LogP contribution in [-0.4, -0.2) is 22.3 Å². The van der Waals surface area contributed by atoms with Crippen LogP contribution in [0.4, 0.5) is 0 Å². The van der Waals surface area contributed by atoms with Gasteiger partial charge >= 0.3 is 5.97 Å². The fourth-order valence-electron chi connectivity index (χ4n) is 11.4. The van der Waals surface area contributed by atoms with Crippen molar-refractivity contribution in [1.82, 2.24) is 0 Å². The molecule has 0 aromatic heterocycles. The number of aliphatic hydroxyl groups is 1. The van der Waals surface area contributed by atoms with Gasteiger partial charge in [-0.15, -0.1) is 0 Å². The number of hydrogen-bond acceptors (Lipinski definition) is 2. The molecule has 0 aromatic carbocycles. The minimum atomic E-state index is -0.579. The van der Waals surface area contributed by atoms with Crippen LogP contribution in [0.15, 0.2) is 0 Å². The molecule has 0 spiro atoms. The van der Waals surface area contributed by atoms with Crippen LogP contribution in [0.3, 0.4) is 0 Å². The van der Waals surface area contributed by atoms with Crippen molar-refractivity contribution >= 4 is 5.97 Å². The molecule has 3 heteroatoms. The van der Waals surface area contributed by atoms with Crippen molar-refractivity contribution in [2.75, 3.05) is 0 Å². The first kappa shape index (κ1) is 24.1. The van der Waals surface area contributed by atoms with E-state index in [1.165, 1.54) is 44.9 Å². The smallest absolute Gasteiger partial charge is 0.309 e. The summed E-state index contributed by atoms with van der Waals surface area (Å²) in [5.41, 5.74) is 0.823. The standard InChI is InChI=1S/C30H50O3/c1-19-20(31)8-9-21-27(19,4)11-10-22-28(21,5)15-17-30(7)23-18-26(3,24(32)33)13-12-25(23,2)14-16-29(22,30)6/h19-23,31H,8-18H2,1-7H3,(H,32,33). The lowest BCUT2D eigenvalue weighted by molar-refractivity contribution is -0.263. The van der Waals surface area contributed by atoms with Crippen molar-refractivity contribution in [1.29, 1.82) is 0 Å². The third-order valence-corrected chi connectivity index (χ3v) is 14.2. The highest BCUT2D eigenvalue weighted by molar-refractivity contribution is 5.74. The average Bonchev–Trinajstić information content (AvgIpc) is 2.74. The molecule has 188 valence electrons. The van der Waals surface area contributed by atoms with Crippen LogP contribution >= 0.6 is 0 Å². The van der Waals surface area contributed by atoms with E-state index in [9.17, 15) is 15.0 Å².